The number of amides is 1. The van der Waals surface area contributed by atoms with Crippen molar-refractivity contribution >= 4 is 5.91 Å². The van der Waals surface area contributed by atoms with Gasteiger partial charge in [-0.25, -0.2) is 0 Å². The molecule has 2 nitrogen and oxygen atoms in total. The lowest BCUT2D eigenvalue weighted by Gasteiger charge is -2.19. The van der Waals surface area contributed by atoms with Crippen LogP contribution in [0.5, 0.6) is 0 Å². The smallest absolute Gasteiger partial charge is 0.253 e. The molecule has 0 fully saturated rings. The molecule has 72 valence electrons. The van der Waals surface area contributed by atoms with Crippen molar-refractivity contribution < 1.29 is 4.79 Å². The highest BCUT2D eigenvalue weighted by molar-refractivity contribution is 5.97. The lowest BCUT2D eigenvalue weighted by molar-refractivity contribution is -0.124. The van der Waals surface area contributed by atoms with Gasteiger partial charge < -0.3 is 4.90 Å². The number of allylic oxidation sites excluding steroid dienone is 2. The fourth-order valence-corrected chi connectivity index (χ4v) is 1.44. The Morgan fingerprint density at radius 3 is 2.69 bits per heavy atom. The molecular weight excluding hydrogens is 162 g/mol. The topological polar surface area (TPSA) is 20.3 Å². The number of hydrogen-bond donors (Lipinski definition) is 0. The summed E-state index contributed by atoms with van der Waals surface area (Å²) in [5.74, 6) is 0.600. The molecule has 0 saturated heterocycles. The van der Waals surface area contributed by atoms with Gasteiger partial charge in [0, 0.05) is 19.7 Å². The van der Waals surface area contributed by atoms with Gasteiger partial charge in [-0.1, -0.05) is 19.1 Å². The van der Waals surface area contributed by atoms with Crippen molar-refractivity contribution in [1.29, 1.82) is 0 Å². The van der Waals surface area contributed by atoms with Crippen molar-refractivity contribution in [2.45, 2.75) is 20.3 Å². The summed E-state index contributed by atoms with van der Waals surface area (Å²) < 4.78 is 0. The van der Waals surface area contributed by atoms with E-state index < -0.39 is 0 Å². The Kier molecular flexibility index (Phi) is 2.91. The van der Waals surface area contributed by atoms with Gasteiger partial charge in [0.05, 0.1) is 0 Å². The Hall–Kier alpha value is -1.05. The van der Waals surface area contributed by atoms with Gasteiger partial charge in [0.25, 0.3) is 5.91 Å². The van der Waals surface area contributed by atoms with Crippen LogP contribution in [-0.2, 0) is 4.79 Å². The maximum atomic E-state index is 11.7. The van der Waals surface area contributed by atoms with E-state index in [0.29, 0.717) is 5.92 Å². The average Bonchev–Trinajstić information content (AvgIpc) is 2.08. The standard InChI is InChI=1S/C11H17NO/c1-8-5-6-9(2)10(7-8)11(13)12(3)4/h6-8H,5H2,1-4H3/t8-/m1/s1. The van der Waals surface area contributed by atoms with Crippen LogP contribution in [-0.4, -0.2) is 24.9 Å². The van der Waals surface area contributed by atoms with E-state index in [1.165, 1.54) is 0 Å². The van der Waals surface area contributed by atoms with Gasteiger partial charge in [-0.05, 0) is 24.8 Å². The summed E-state index contributed by atoms with van der Waals surface area (Å²) in [6.07, 6.45) is 5.26. The maximum Gasteiger partial charge on any atom is 0.253 e. The van der Waals surface area contributed by atoms with Gasteiger partial charge in [-0.3, -0.25) is 4.79 Å². The summed E-state index contributed by atoms with van der Waals surface area (Å²) in [7, 11) is 3.57. The van der Waals surface area contributed by atoms with Crippen LogP contribution in [0.25, 0.3) is 0 Å². The molecule has 2 heteroatoms. The monoisotopic (exact) mass is 179 g/mol. The zero-order valence-electron chi connectivity index (χ0n) is 8.79. The Labute approximate surface area is 79.9 Å². The van der Waals surface area contributed by atoms with Crippen LogP contribution >= 0.6 is 0 Å². The molecule has 1 amide bonds. The second-order valence-corrected chi connectivity index (χ2v) is 3.88. The van der Waals surface area contributed by atoms with Gasteiger partial charge in [0.1, 0.15) is 0 Å². The van der Waals surface area contributed by atoms with E-state index in [0.717, 1.165) is 17.6 Å². The van der Waals surface area contributed by atoms with Gasteiger partial charge in [0.15, 0.2) is 0 Å². The van der Waals surface area contributed by atoms with Crippen LogP contribution < -0.4 is 0 Å². The lowest BCUT2D eigenvalue weighted by atomic mass is 9.92. The van der Waals surface area contributed by atoms with Crippen LogP contribution in [0.2, 0.25) is 0 Å². The van der Waals surface area contributed by atoms with Crippen molar-refractivity contribution in [2.75, 3.05) is 14.1 Å². The summed E-state index contributed by atoms with van der Waals surface area (Å²) >= 11 is 0. The van der Waals surface area contributed by atoms with E-state index in [2.05, 4.69) is 19.1 Å². The van der Waals surface area contributed by atoms with Crippen molar-refractivity contribution in [3.05, 3.63) is 23.3 Å². The summed E-state index contributed by atoms with van der Waals surface area (Å²) in [6.45, 7) is 4.13. The lowest BCUT2D eigenvalue weighted by Crippen LogP contribution is -2.25. The van der Waals surface area contributed by atoms with E-state index in [4.69, 9.17) is 0 Å². The fraction of sp³-hybridized carbons (Fsp3) is 0.545. The first kappa shape index (κ1) is 10.0. The molecule has 0 heterocycles. The highest BCUT2D eigenvalue weighted by Crippen LogP contribution is 2.23. The summed E-state index contributed by atoms with van der Waals surface area (Å²) in [4.78, 5) is 13.3. The minimum atomic E-state index is 0.111. The first-order chi connectivity index (χ1) is 6.02. The first-order valence-electron chi connectivity index (χ1n) is 4.63. The van der Waals surface area contributed by atoms with E-state index in [-0.39, 0.29) is 5.91 Å². The van der Waals surface area contributed by atoms with E-state index in [1.54, 1.807) is 19.0 Å². The quantitative estimate of drug-likeness (QED) is 0.602. The number of rotatable bonds is 1. The predicted octanol–water partition coefficient (Wildman–Crippen LogP) is 1.99. The minimum absolute atomic E-state index is 0.111. The van der Waals surface area contributed by atoms with Crippen LogP contribution in [0, 0.1) is 5.92 Å². The van der Waals surface area contributed by atoms with Crippen molar-refractivity contribution in [3.8, 4) is 0 Å². The third kappa shape index (κ3) is 2.20. The Morgan fingerprint density at radius 2 is 2.15 bits per heavy atom. The molecule has 0 saturated carbocycles. The van der Waals surface area contributed by atoms with Gasteiger partial charge >= 0.3 is 0 Å². The molecule has 0 aliphatic heterocycles. The highest BCUT2D eigenvalue weighted by Gasteiger charge is 2.17. The molecule has 1 aliphatic carbocycles. The number of carbonyl (C=O) groups is 1. The van der Waals surface area contributed by atoms with E-state index in [9.17, 15) is 4.79 Å². The zero-order valence-corrected chi connectivity index (χ0v) is 8.79. The molecule has 0 radical (unpaired) electrons. The van der Waals surface area contributed by atoms with Gasteiger partial charge in [0.2, 0.25) is 0 Å². The normalized spacial score (nSPS) is 22.0. The molecule has 0 bridgehead atoms. The maximum absolute atomic E-state index is 11.7. The van der Waals surface area contributed by atoms with Gasteiger partial charge in [-0.2, -0.15) is 0 Å². The fourth-order valence-electron chi connectivity index (χ4n) is 1.44. The molecule has 1 rings (SSSR count). The molecule has 0 unspecified atom stereocenters. The third-order valence-corrected chi connectivity index (χ3v) is 2.31. The van der Waals surface area contributed by atoms with Crippen LogP contribution in [0.4, 0.5) is 0 Å². The molecule has 0 spiro atoms. The van der Waals surface area contributed by atoms with Crippen LogP contribution in [0.15, 0.2) is 23.3 Å². The third-order valence-electron chi connectivity index (χ3n) is 2.31. The molecular formula is C11H17NO. The summed E-state index contributed by atoms with van der Waals surface area (Å²) in [6, 6.07) is 0. The number of carbonyl (C=O) groups excluding carboxylic acids is 1. The van der Waals surface area contributed by atoms with Crippen molar-refractivity contribution in [2.24, 2.45) is 5.92 Å². The molecule has 0 aromatic carbocycles. The van der Waals surface area contributed by atoms with Crippen LogP contribution in [0.1, 0.15) is 20.3 Å². The SMILES string of the molecule is CC1=CC[C@@H](C)C=C1C(=O)N(C)C. The number of hydrogen-bond acceptors (Lipinski definition) is 1. The number of nitrogens with zero attached hydrogens (tertiary/aromatic N) is 1. The Bertz CT molecular complexity index is 274. The summed E-state index contributed by atoms with van der Waals surface area (Å²) in [5, 5.41) is 0. The Balaban J connectivity index is 2.89. The van der Waals surface area contributed by atoms with E-state index in [1.807, 2.05) is 6.92 Å². The zero-order chi connectivity index (χ0) is 10.0. The molecule has 0 aromatic rings. The molecule has 1 aliphatic rings. The largest absolute Gasteiger partial charge is 0.345 e. The molecule has 0 N–H and O–H groups in total. The highest BCUT2D eigenvalue weighted by atomic mass is 16.2. The van der Waals surface area contributed by atoms with Crippen molar-refractivity contribution in [1.82, 2.24) is 4.90 Å². The van der Waals surface area contributed by atoms with E-state index >= 15 is 0 Å². The molecule has 0 aromatic heterocycles. The second-order valence-electron chi connectivity index (χ2n) is 3.88. The average molecular weight is 179 g/mol. The first-order valence-corrected chi connectivity index (χ1v) is 4.63. The minimum Gasteiger partial charge on any atom is -0.345 e. The second kappa shape index (κ2) is 3.77. The van der Waals surface area contributed by atoms with Gasteiger partial charge in [-0.15, -0.1) is 0 Å². The summed E-state index contributed by atoms with van der Waals surface area (Å²) in [5.41, 5.74) is 1.97. The molecule has 13 heavy (non-hydrogen) atoms. The number of likely N-dealkylation sites (N-methyl/N-ethyl adjacent to an activating group) is 1. The van der Waals surface area contributed by atoms with Crippen molar-refractivity contribution in [3.63, 3.8) is 0 Å². The predicted molar refractivity (Wildman–Crippen MR) is 54.3 cm³/mol. The Morgan fingerprint density at radius 1 is 1.54 bits per heavy atom. The van der Waals surface area contributed by atoms with Crippen LogP contribution in [0.3, 0.4) is 0 Å². The molecule has 1 atom stereocenters.